The lowest BCUT2D eigenvalue weighted by atomic mass is 10.3. The molecule has 0 bridgehead atoms. The van der Waals surface area contributed by atoms with Gasteiger partial charge in [-0.1, -0.05) is 27.7 Å². The van der Waals surface area contributed by atoms with Crippen LogP contribution in [0.1, 0.15) is 0 Å². The smallest absolute Gasteiger partial charge is 0.326 e. The van der Waals surface area contributed by atoms with Crippen LogP contribution in [0.5, 0.6) is 0 Å². The van der Waals surface area contributed by atoms with Gasteiger partial charge >= 0.3 is 5.97 Å². The Kier molecular flexibility index (Phi) is 7.81. The minimum absolute atomic E-state index is 0.0563. The highest BCUT2D eigenvalue weighted by Gasteiger charge is 2.12. The summed E-state index contributed by atoms with van der Waals surface area (Å²) >= 11 is 5.04. The zero-order chi connectivity index (χ0) is 21.3. The molecule has 1 aromatic heterocycles. The van der Waals surface area contributed by atoms with E-state index in [0.717, 1.165) is 14.3 Å². The SMILES string of the molecule is CN(CC(=O)OCC(=O)Nc1ccc(Sc2ccc(Br)cc2)cc1)c1ncccn1. The van der Waals surface area contributed by atoms with E-state index >= 15 is 0 Å². The molecule has 0 fully saturated rings. The normalized spacial score (nSPS) is 10.3. The van der Waals surface area contributed by atoms with Crippen LogP contribution in [-0.4, -0.2) is 42.0 Å². The van der Waals surface area contributed by atoms with Gasteiger partial charge in [0.1, 0.15) is 6.54 Å². The Bertz CT molecular complexity index is 985. The van der Waals surface area contributed by atoms with E-state index in [1.807, 2.05) is 36.4 Å². The maximum absolute atomic E-state index is 12.0. The molecular formula is C21H19BrN4O3S. The first-order chi connectivity index (χ1) is 14.5. The summed E-state index contributed by atoms with van der Waals surface area (Å²) in [7, 11) is 1.67. The van der Waals surface area contributed by atoms with E-state index < -0.39 is 11.9 Å². The van der Waals surface area contributed by atoms with Gasteiger partial charge in [0.25, 0.3) is 5.91 Å². The highest BCUT2D eigenvalue weighted by molar-refractivity contribution is 9.10. The second kappa shape index (κ2) is 10.7. The Morgan fingerprint density at radius 1 is 1.03 bits per heavy atom. The van der Waals surface area contributed by atoms with Gasteiger partial charge in [0.2, 0.25) is 5.95 Å². The fourth-order valence-electron chi connectivity index (χ4n) is 2.39. The van der Waals surface area contributed by atoms with Crippen molar-refractivity contribution in [2.24, 2.45) is 0 Å². The summed E-state index contributed by atoms with van der Waals surface area (Å²) in [5, 5.41) is 2.71. The molecule has 9 heteroatoms. The number of esters is 1. The van der Waals surface area contributed by atoms with E-state index in [-0.39, 0.29) is 13.2 Å². The lowest BCUT2D eigenvalue weighted by molar-refractivity contribution is -0.145. The van der Waals surface area contributed by atoms with Gasteiger partial charge in [-0.2, -0.15) is 0 Å². The minimum atomic E-state index is -0.540. The number of aromatic nitrogens is 2. The van der Waals surface area contributed by atoms with Gasteiger partial charge in [0, 0.05) is 39.4 Å². The predicted octanol–water partition coefficient (Wildman–Crippen LogP) is 4.01. The number of hydrogen-bond acceptors (Lipinski definition) is 7. The number of hydrogen-bond donors (Lipinski definition) is 1. The molecule has 0 spiro atoms. The molecule has 0 radical (unpaired) electrons. The van der Waals surface area contributed by atoms with E-state index in [0.29, 0.717) is 11.6 Å². The van der Waals surface area contributed by atoms with Crippen LogP contribution in [0, 0.1) is 0 Å². The van der Waals surface area contributed by atoms with Crippen molar-refractivity contribution >= 4 is 51.2 Å². The number of halogens is 1. The monoisotopic (exact) mass is 486 g/mol. The highest BCUT2D eigenvalue weighted by atomic mass is 79.9. The number of carbonyl (C=O) groups is 2. The van der Waals surface area contributed by atoms with Gasteiger partial charge < -0.3 is 15.0 Å². The fraction of sp³-hybridized carbons (Fsp3) is 0.143. The van der Waals surface area contributed by atoms with Crippen molar-refractivity contribution in [2.75, 3.05) is 30.4 Å². The molecule has 0 unspecified atom stereocenters. The van der Waals surface area contributed by atoms with Crippen LogP contribution in [0.3, 0.4) is 0 Å². The molecule has 1 heterocycles. The van der Waals surface area contributed by atoms with Gasteiger partial charge in [-0.15, -0.1) is 0 Å². The number of rotatable bonds is 8. The molecule has 0 aliphatic rings. The Morgan fingerprint density at radius 2 is 1.63 bits per heavy atom. The second-order valence-electron chi connectivity index (χ2n) is 6.19. The number of nitrogens with one attached hydrogen (secondary N) is 1. The van der Waals surface area contributed by atoms with E-state index in [1.54, 1.807) is 54.3 Å². The quantitative estimate of drug-likeness (QED) is 0.481. The summed E-state index contributed by atoms with van der Waals surface area (Å²) in [6, 6.07) is 17.2. The van der Waals surface area contributed by atoms with Crippen molar-refractivity contribution in [2.45, 2.75) is 9.79 Å². The van der Waals surface area contributed by atoms with Crippen molar-refractivity contribution in [3.8, 4) is 0 Å². The molecule has 154 valence electrons. The fourth-order valence-corrected chi connectivity index (χ4v) is 3.47. The maximum atomic E-state index is 12.0. The molecule has 3 aromatic rings. The van der Waals surface area contributed by atoms with Crippen molar-refractivity contribution in [3.05, 3.63) is 71.5 Å². The molecular weight excluding hydrogens is 468 g/mol. The van der Waals surface area contributed by atoms with Crippen LogP contribution in [-0.2, 0) is 14.3 Å². The van der Waals surface area contributed by atoms with Crippen LogP contribution in [0.4, 0.5) is 11.6 Å². The molecule has 30 heavy (non-hydrogen) atoms. The molecule has 0 saturated carbocycles. The van der Waals surface area contributed by atoms with Crippen LogP contribution < -0.4 is 10.2 Å². The first kappa shape index (κ1) is 21.8. The van der Waals surface area contributed by atoms with E-state index in [1.165, 1.54) is 0 Å². The van der Waals surface area contributed by atoms with Crippen LogP contribution in [0.25, 0.3) is 0 Å². The first-order valence-corrected chi connectivity index (χ1v) is 10.6. The summed E-state index contributed by atoms with van der Waals surface area (Å²) in [6.07, 6.45) is 3.17. The number of benzene rings is 2. The lowest BCUT2D eigenvalue weighted by Gasteiger charge is -2.15. The standard InChI is InChI=1S/C21H19BrN4O3S/c1-26(21-23-11-2-12-24-21)13-20(28)29-14-19(27)25-16-5-9-18(10-6-16)30-17-7-3-15(22)4-8-17/h2-12H,13-14H2,1H3,(H,25,27). The topological polar surface area (TPSA) is 84.4 Å². The van der Waals surface area contributed by atoms with Crippen LogP contribution in [0.15, 0.2) is 81.3 Å². The Morgan fingerprint density at radius 3 is 2.27 bits per heavy atom. The molecule has 2 aromatic carbocycles. The Labute approximate surface area is 187 Å². The average molecular weight is 487 g/mol. The van der Waals surface area contributed by atoms with Crippen molar-refractivity contribution in [1.82, 2.24) is 9.97 Å². The van der Waals surface area contributed by atoms with Crippen molar-refractivity contribution < 1.29 is 14.3 Å². The Balaban J connectivity index is 1.43. The van der Waals surface area contributed by atoms with Gasteiger partial charge in [-0.05, 0) is 54.6 Å². The number of likely N-dealkylation sites (N-methyl/N-ethyl adjacent to an activating group) is 1. The van der Waals surface area contributed by atoms with E-state index in [9.17, 15) is 9.59 Å². The minimum Gasteiger partial charge on any atom is -0.454 e. The third kappa shape index (κ3) is 6.85. The van der Waals surface area contributed by atoms with Crippen molar-refractivity contribution in [1.29, 1.82) is 0 Å². The third-order valence-electron chi connectivity index (χ3n) is 3.81. The predicted molar refractivity (Wildman–Crippen MR) is 120 cm³/mol. The van der Waals surface area contributed by atoms with Gasteiger partial charge in [-0.25, -0.2) is 9.97 Å². The zero-order valence-electron chi connectivity index (χ0n) is 16.1. The molecule has 0 atom stereocenters. The average Bonchev–Trinajstić information content (AvgIpc) is 2.76. The summed E-state index contributed by atoms with van der Waals surface area (Å²) in [5.74, 6) is -0.545. The molecule has 3 rings (SSSR count). The van der Waals surface area contributed by atoms with E-state index in [2.05, 4.69) is 31.2 Å². The van der Waals surface area contributed by atoms with Gasteiger partial charge in [0.05, 0.1) is 0 Å². The third-order valence-corrected chi connectivity index (χ3v) is 5.36. The molecule has 1 N–H and O–H groups in total. The van der Waals surface area contributed by atoms with Crippen LogP contribution >= 0.6 is 27.7 Å². The largest absolute Gasteiger partial charge is 0.454 e. The number of carbonyl (C=O) groups excluding carboxylic acids is 2. The number of anilines is 2. The lowest BCUT2D eigenvalue weighted by Crippen LogP contribution is -2.30. The first-order valence-electron chi connectivity index (χ1n) is 8.97. The summed E-state index contributed by atoms with van der Waals surface area (Å²) in [4.78, 5) is 35.8. The second-order valence-corrected chi connectivity index (χ2v) is 8.26. The van der Waals surface area contributed by atoms with E-state index in [4.69, 9.17) is 4.74 Å². The number of amides is 1. The highest BCUT2D eigenvalue weighted by Crippen LogP contribution is 2.29. The maximum Gasteiger partial charge on any atom is 0.326 e. The molecule has 1 amide bonds. The van der Waals surface area contributed by atoms with Gasteiger partial charge in [0.15, 0.2) is 6.61 Å². The molecule has 0 saturated heterocycles. The molecule has 0 aliphatic heterocycles. The summed E-state index contributed by atoms with van der Waals surface area (Å²) in [5.41, 5.74) is 0.631. The van der Waals surface area contributed by atoms with Crippen LogP contribution in [0.2, 0.25) is 0 Å². The number of nitrogens with zero attached hydrogens (tertiary/aromatic N) is 3. The van der Waals surface area contributed by atoms with Gasteiger partial charge in [-0.3, -0.25) is 9.59 Å². The molecule has 7 nitrogen and oxygen atoms in total. The Hall–Kier alpha value is -2.91. The molecule has 0 aliphatic carbocycles. The van der Waals surface area contributed by atoms with Crippen molar-refractivity contribution in [3.63, 3.8) is 0 Å². The zero-order valence-corrected chi connectivity index (χ0v) is 18.5. The number of ether oxygens (including phenoxy) is 1. The summed E-state index contributed by atoms with van der Waals surface area (Å²) < 4.78 is 6.06. The summed E-state index contributed by atoms with van der Waals surface area (Å²) in [6.45, 7) is -0.420.